The zero-order valence-corrected chi connectivity index (χ0v) is 16.8. The van der Waals surface area contributed by atoms with Crippen molar-refractivity contribution in [3.8, 4) is 11.1 Å². The van der Waals surface area contributed by atoms with Gasteiger partial charge >= 0.3 is 12.1 Å². The van der Waals surface area contributed by atoms with Crippen molar-refractivity contribution in [2.75, 3.05) is 19.1 Å². The highest BCUT2D eigenvalue weighted by Crippen LogP contribution is 2.35. The first-order chi connectivity index (χ1) is 14.2. The topological polar surface area (TPSA) is 85.8 Å². The van der Waals surface area contributed by atoms with Gasteiger partial charge in [0, 0.05) is 23.5 Å². The maximum absolute atomic E-state index is 13.6. The Balaban J connectivity index is 1.99. The minimum Gasteiger partial charge on any atom is -0.472 e. The highest BCUT2D eigenvalue weighted by Gasteiger charge is 2.35. The van der Waals surface area contributed by atoms with Crippen LogP contribution in [0.4, 0.5) is 13.2 Å². The summed E-state index contributed by atoms with van der Waals surface area (Å²) in [6, 6.07) is 1.55. The second-order valence-corrected chi connectivity index (χ2v) is 7.33. The zero-order valence-electron chi connectivity index (χ0n) is 16.0. The highest BCUT2D eigenvalue weighted by molar-refractivity contribution is 7.98. The van der Waals surface area contributed by atoms with Crippen molar-refractivity contribution < 1.29 is 31.9 Å². The molecule has 1 amide bonds. The number of aromatic nitrogens is 2. The number of halogens is 3. The fraction of sp³-hybridized carbons (Fsp3) is 0.316. The molecule has 160 valence electrons. The third kappa shape index (κ3) is 4.61. The van der Waals surface area contributed by atoms with E-state index in [1.165, 1.54) is 49.9 Å². The average molecular weight is 441 g/mol. The van der Waals surface area contributed by atoms with Gasteiger partial charge in [-0.25, -0.2) is 9.78 Å². The monoisotopic (exact) mass is 441 g/mol. The molecule has 0 fully saturated rings. The fourth-order valence-corrected chi connectivity index (χ4v) is 3.33. The zero-order chi connectivity index (χ0) is 21.9. The van der Waals surface area contributed by atoms with Crippen molar-refractivity contribution in [2.24, 2.45) is 0 Å². The molecule has 0 spiro atoms. The number of nitrogens with zero attached hydrogens (tertiary/aromatic N) is 2. The number of methoxy groups -OCH3 is 1. The van der Waals surface area contributed by atoms with Crippen LogP contribution in [0, 0.1) is 0 Å². The van der Waals surface area contributed by atoms with Crippen LogP contribution in [0.2, 0.25) is 0 Å². The van der Waals surface area contributed by atoms with Gasteiger partial charge in [0.05, 0.1) is 25.2 Å². The van der Waals surface area contributed by atoms with Crippen molar-refractivity contribution in [1.82, 2.24) is 14.7 Å². The number of fused-ring (bicyclic) bond motifs is 1. The van der Waals surface area contributed by atoms with Gasteiger partial charge in [0.25, 0.3) is 5.91 Å². The number of rotatable bonds is 7. The molecule has 1 atom stereocenters. The molecule has 0 aliphatic heterocycles. The lowest BCUT2D eigenvalue weighted by molar-refractivity contribution is -0.143. The SMILES string of the molecule is COC(=O)C(CCSC)NC(=O)c1cn2cc(-c3ccoc3)cc(C(F)(F)F)c2n1. The molecule has 0 aliphatic carbocycles. The van der Waals surface area contributed by atoms with Gasteiger partial charge in [-0.05, 0) is 30.6 Å². The molecule has 0 aromatic carbocycles. The first-order valence-corrected chi connectivity index (χ1v) is 10.1. The highest BCUT2D eigenvalue weighted by atomic mass is 32.2. The number of furan rings is 1. The smallest absolute Gasteiger partial charge is 0.420 e. The summed E-state index contributed by atoms with van der Waals surface area (Å²) in [4.78, 5) is 28.3. The lowest BCUT2D eigenvalue weighted by Crippen LogP contribution is -2.42. The molecule has 1 unspecified atom stereocenters. The number of carbonyl (C=O) groups excluding carboxylic acids is 2. The summed E-state index contributed by atoms with van der Waals surface area (Å²) in [5.74, 6) is -0.829. The third-order valence-electron chi connectivity index (χ3n) is 4.35. The summed E-state index contributed by atoms with van der Waals surface area (Å²) >= 11 is 1.48. The lowest BCUT2D eigenvalue weighted by atomic mass is 10.1. The van der Waals surface area contributed by atoms with Gasteiger partial charge < -0.3 is 18.9 Å². The molecule has 3 rings (SSSR count). The number of ether oxygens (including phenoxy) is 1. The molecule has 3 aromatic heterocycles. The number of thioether (sulfide) groups is 1. The summed E-state index contributed by atoms with van der Waals surface area (Å²) in [6.45, 7) is 0. The van der Waals surface area contributed by atoms with Crippen LogP contribution in [0.15, 0.2) is 41.5 Å². The summed E-state index contributed by atoms with van der Waals surface area (Å²) in [6.07, 6.45) is 2.74. The summed E-state index contributed by atoms with van der Waals surface area (Å²) in [7, 11) is 1.19. The van der Waals surface area contributed by atoms with Gasteiger partial charge in [-0.15, -0.1) is 0 Å². The second kappa shape index (κ2) is 8.82. The van der Waals surface area contributed by atoms with Gasteiger partial charge in [-0.1, -0.05) is 0 Å². The number of amides is 1. The molecule has 7 nitrogen and oxygen atoms in total. The van der Waals surface area contributed by atoms with Crippen molar-refractivity contribution in [2.45, 2.75) is 18.6 Å². The first-order valence-electron chi connectivity index (χ1n) is 8.74. The van der Waals surface area contributed by atoms with E-state index in [0.717, 1.165) is 10.5 Å². The van der Waals surface area contributed by atoms with E-state index in [0.29, 0.717) is 17.7 Å². The van der Waals surface area contributed by atoms with Gasteiger partial charge in [0.15, 0.2) is 0 Å². The van der Waals surface area contributed by atoms with Crippen LogP contribution in [-0.2, 0) is 15.7 Å². The minimum atomic E-state index is -4.69. The largest absolute Gasteiger partial charge is 0.472 e. The molecule has 1 N–H and O–H groups in total. The Morgan fingerprint density at radius 2 is 2.10 bits per heavy atom. The van der Waals surface area contributed by atoms with Crippen LogP contribution < -0.4 is 5.32 Å². The van der Waals surface area contributed by atoms with Crippen LogP contribution in [0.3, 0.4) is 0 Å². The molecule has 0 radical (unpaired) electrons. The summed E-state index contributed by atoms with van der Waals surface area (Å²) in [5, 5.41) is 2.48. The molecule has 0 aliphatic rings. The number of carbonyl (C=O) groups is 2. The van der Waals surface area contributed by atoms with Gasteiger partial charge in [0.1, 0.15) is 17.4 Å². The Morgan fingerprint density at radius 1 is 1.33 bits per heavy atom. The van der Waals surface area contributed by atoms with E-state index >= 15 is 0 Å². The van der Waals surface area contributed by atoms with E-state index in [2.05, 4.69) is 15.0 Å². The van der Waals surface area contributed by atoms with E-state index in [1.54, 1.807) is 0 Å². The van der Waals surface area contributed by atoms with Gasteiger partial charge in [-0.2, -0.15) is 24.9 Å². The number of nitrogens with one attached hydrogen (secondary N) is 1. The minimum absolute atomic E-state index is 0.247. The van der Waals surface area contributed by atoms with Crippen molar-refractivity contribution in [3.63, 3.8) is 0 Å². The molecule has 3 heterocycles. The van der Waals surface area contributed by atoms with E-state index in [1.807, 2.05) is 6.26 Å². The second-order valence-electron chi connectivity index (χ2n) is 6.34. The van der Waals surface area contributed by atoms with Crippen LogP contribution in [0.1, 0.15) is 22.5 Å². The summed E-state index contributed by atoms with van der Waals surface area (Å²) in [5.41, 5.74) is -0.959. The van der Waals surface area contributed by atoms with Crippen LogP contribution in [0.5, 0.6) is 0 Å². The van der Waals surface area contributed by atoms with Crippen molar-refractivity contribution in [1.29, 1.82) is 0 Å². The predicted molar refractivity (Wildman–Crippen MR) is 104 cm³/mol. The maximum Gasteiger partial charge on any atom is 0.420 e. The Kier molecular flexibility index (Phi) is 6.40. The summed E-state index contributed by atoms with van der Waals surface area (Å²) < 4.78 is 51.6. The Labute approximate surface area is 173 Å². The molecule has 3 aromatic rings. The van der Waals surface area contributed by atoms with E-state index in [4.69, 9.17) is 4.42 Å². The van der Waals surface area contributed by atoms with Crippen molar-refractivity contribution >= 4 is 29.3 Å². The fourth-order valence-electron chi connectivity index (χ4n) is 2.86. The Hall–Kier alpha value is -2.95. The van der Waals surface area contributed by atoms with E-state index in [-0.39, 0.29) is 11.3 Å². The molecule has 0 saturated heterocycles. The van der Waals surface area contributed by atoms with E-state index in [9.17, 15) is 22.8 Å². The molecule has 0 bridgehead atoms. The van der Waals surface area contributed by atoms with Gasteiger partial charge in [-0.3, -0.25) is 4.79 Å². The lowest BCUT2D eigenvalue weighted by Gasteiger charge is -2.15. The standard InChI is InChI=1S/C19H18F3N3O4S/c1-28-18(27)14(4-6-30-2)24-17(26)15-9-25-8-12(11-3-5-29-10-11)7-13(16(25)23-15)19(20,21)22/h3,5,7-10,14H,4,6H2,1-2H3,(H,24,26). The number of imidazole rings is 1. The number of esters is 1. The molecule has 30 heavy (non-hydrogen) atoms. The molecular weight excluding hydrogens is 423 g/mol. The number of alkyl halides is 3. The predicted octanol–water partition coefficient (Wildman–Crippen LogP) is 3.64. The van der Waals surface area contributed by atoms with Crippen molar-refractivity contribution in [3.05, 3.63) is 48.3 Å². The molecule has 11 heteroatoms. The third-order valence-corrected chi connectivity index (χ3v) is 4.99. The Bertz CT molecular complexity index is 1050. The van der Waals surface area contributed by atoms with Crippen LogP contribution in [0.25, 0.3) is 16.8 Å². The number of pyridine rings is 1. The quantitative estimate of drug-likeness (QED) is 0.564. The normalized spacial score (nSPS) is 12.7. The van der Waals surface area contributed by atoms with E-state index < -0.39 is 35.3 Å². The Morgan fingerprint density at radius 3 is 2.70 bits per heavy atom. The number of hydrogen-bond acceptors (Lipinski definition) is 6. The molecule has 0 saturated carbocycles. The van der Waals surface area contributed by atoms with Gasteiger partial charge in [0.2, 0.25) is 0 Å². The van der Waals surface area contributed by atoms with Crippen LogP contribution in [-0.4, -0.2) is 46.4 Å². The first kappa shape index (κ1) is 21.8. The number of hydrogen-bond donors (Lipinski definition) is 1. The molecular formula is C19H18F3N3O4S. The average Bonchev–Trinajstić information content (AvgIpc) is 3.38. The van der Waals surface area contributed by atoms with Crippen LogP contribution >= 0.6 is 11.8 Å². The maximum atomic E-state index is 13.6.